The second-order valence-corrected chi connectivity index (χ2v) is 8.62. The highest BCUT2D eigenvalue weighted by Crippen LogP contribution is 2.32. The fourth-order valence-electron chi connectivity index (χ4n) is 4.55. The van der Waals surface area contributed by atoms with Crippen LogP contribution in [0.25, 0.3) is 0 Å². The lowest BCUT2D eigenvalue weighted by Crippen LogP contribution is -2.47. The van der Waals surface area contributed by atoms with Crippen molar-refractivity contribution >= 4 is 11.8 Å². The van der Waals surface area contributed by atoms with Crippen LogP contribution in [-0.4, -0.2) is 55.4 Å². The van der Waals surface area contributed by atoms with Gasteiger partial charge < -0.3 is 24.8 Å². The van der Waals surface area contributed by atoms with Gasteiger partial charge in [-0.05, 0) is 56.7 Å². The highest BCUT2D eigenvalue weighted by molar-refractivity contribution is 5.94. The molecule has 2 aliphatic heterocycles. The van der Waals surface area contributed by atoms with E-state index in [0.717, 1.165) is 31.4 Å². The third-order valence-electron chi connectivity index (χ3n) is 6.35. The Morgan fingerprint density at radius 1 is 0.931 bits per heavy atom. The minimum absolute atomic E-state index is 0.0920. The lowest BCUT2D eigenvalue weighted by molar-refractivity contribution is -0.123. The van der Waals surface area contributed by atoms with Crippen molar-refractivity contribution in [2.45, 2.75) is 68.9 Å². The minimum Gasteiger partial charge on any atom is -0.490 e. The molecule has 2 heterocycles. The maximum atomic E-state index is 12.8. The Morgan fingerprint density at radius 3 is 2.31 bits per heavy atom. The number of carbonyl (C=O) groups excluding carboxylic acids is 2. The highest BCUT2D eigenvalue weighted by Gasteiger charge is 2.49. The number of fused-ring (bicyclic) bond motifs is 1. The summed E-state index contributed by atoms with van der Waals surface area (Å²) in [6.07, 6.45) is 6.32. The molecular weight excluding hydrogens is 372 g/mol. The van der Waals surface area contributed by atoms with Gasteiger partial charge in [-0.3, -0.25) is 9.59 Å². The first-order valence-corrected chi connectivity index (χ1v) is 10.8. The van der Waals surface area contributed by atoms with Crippen molar-refractivity contribution in [3.05, 3.63) is 29.8 Å². The number of hydrogen-bond acceptors (Lipinski definition) is 5. The van der Waals surface area contributed by atoms with Crippen LogP contribution in [0.2, 0.25) is 0 Å². The van der Waals surface area contributed by atoms with Crippen LogP contribution in [-0.2, 0) is 14.3 Å². The molecule has 2 N–H and O–H groups in total. The fraction of sp³-hybridized carbons (Fsp3) is 0.636. The van der Waals surface area contributed by atoms with E-state index >= 15 is 0 Å². The van der Waals surface area contributed by atoms with E-state index in [2.05, 4.69) is 10.6 Å². The normalized spacial score (nSPS) is 31.4. The number of ether oxygens (including phenoxy) is 3. The van der Waals surface area contributed by atoms with Gasteiger partial charge in [0.15, 0.2) is 0 Å². The van der Waals surface area contributed by atoms with E-state index in [1.807, 2.05) is 12.1 Å². The predicted molar refractivity (Wildman–Crippen MR) is 105 cm³/mol. The average Bonchev–Trinajstić information content (AvgIpc) is 3.11. The summed E-state index contributed by atoms with van der Waals surface area (Å²) in [5.41, 5.74) is 0.570. The summed E-state index contributed by atoms with van der Waals surface area (Å²) in [5.74, 6) is 0.828. The smallest absolute Gasteiger partial charge is 0.251 e. The summed E-state index contributed by atoms with van der Waals surface area (Å²) >= 11 is 0. The van der Waals surface area contributed by atoms with Crippen molar-refractivity contribution in [1.29, 1.82) is 0 Å². The van der Waals surface area contributed by atoms with Gasteiger partial charge in [0.05, 0.1) is 31.4 Å². The first kappa shape index (κ1) is 18.9. The zero-order valence-electron chi connectivity index (χ0n) is 16.5. The largest absolute Gasteiger partial charge is 0.490 e. The van der Waals surface area contributed by atoms with Crippen LogP contribution in [0.4, 0.5) is 0 Å². The fourth-order valence-corrected chi connectivity index (χ4v) is 4.55. The Hall–Kier alpha value is -2.12. The molecule has 0 unspecified atom stereocenters. The van der Waals surface area contributed by atoms with Crippen LogP contribution >= 0.6 is 0 Å². The zero-order chi connectivity index (χ0) is 19.8. The number of carbonyl (C=O) groups is 2. The van der Waals surface area contributed by atoms with Gasteiger partial charge in [-0.1, -0.05) is 6.07 Å². The van der Waals surface area contributed by atoms with E-state index in [0.29, 0.717) is 18.8 Å². The van der Waals surface area contributed by atoms with Crippen LogP contribution in [0, 0.1) is 5.92 Å². The van der Waals surface area contributed by atoms with Crippen LogP contribution < -0.4 is 15.4 Å². The van der Waals surface area contributed by atoms with Crippen LogP contribution in [0.3, 0.4) is 0 Å². The molecule has 29 heavy (non-hydrogen) atoms. The molecule has 5 rings (SSSR count). The van der Waals surface area contributed by atoms with Crippen molar-refractivity contribution in [3.63, 3.8) is 0 Å². The Kier molecular flexibility index (Phi) is 5.18. The second-order valence-electron chi connectivity index (χ2n) is 8.62. The second kappa shape index (κ2) is 7.95. The number of amides is 2. The first-order chi connectivity index (χ1) is 14.2. The van der Waals surface area contributed by atoms with Crippen LogP contribution in [0.1, 0.15) is 48.9 Å². The number of benzene rings is 1. The standard InChI is InChI=1S/C22H28N2O5/c25-21(13-8-9-13)23-17-11-27-20-18(12-28-19(17)20)24-22(26)14-4-3-7-16(10-14)29-15-5-1-2-6-15/h3-4,7,10,13,15,17-20H,1-2,5-6,8-9,11-12H2,(H,23,25)(H,24,26)/t17-,18-,19+,20+/m0/s1. The molecule has 2 saturated heterocycles. The molecule has 7 nitrogen and oxygen atoms in total. The molecule has 2 saturated carbocycles. The monoisotopic (exact) mass is 400 g/mol. The average molecular weight is 400 g/mol. The van der Waals surface area contributed by atoms with E-state index in [1.165, 1.54) is 12.8 Å². The van der Waals surface area contributed by atoms with Crippen molar-refractivity contribution in [1.82, 2.24) is 10.6 Å². The van der Waals surface area contributed by atoms with Gasteiger partial charge in [0.25, 0.3) is 5.91 Å². The molecule has 1 aromatic carbocycles. The van der Waals surface area contributed by atoms with Crippen LogP contribution in [0.15, 0.2) is 24.3 Å². The third-order valence-corrected chi connectivity index (χ3v) is 6.35. The summed E-state index contributed by atoms with van der Waals surface area (Å²) in [6, 6.07) is 6.97. The molecule has 2 amide bonds. The predicted octanol–water partition coefficient (Wildman–Crippen LogP) is 1.80. The molecule has 7 heteroatoms. The highest BCUT2D eigenvalue weighted by atomic mass is 16.6. The molecule has 4 aliphatic rings. The molecule has 0 bridgehead atoms. The molecule has 4 fully saturated rings. The van der Waals surface area contributed by atoms with E-state index in [-0.39, 0.29) is 48.1 Å². The van der Waals surface area contributed by atoms with Crippen molar-refractivity contribution in [3.8, 4) is 5.75 Å². The van der Waals surface area contributed by atoms with E-state index in [1.54, 1.807) is 12.1 Å². The third kappa shape index (κ3) is 4.12. The van der Waals surface area contributed by atoms with Crippen molar-refractivity contribution in [2.24, 2.45) is 5.92 Å². The van der Waals surface area contributed by atoms with Gasteiger partial charge in [0.2, 0.25) is 5.91 Å². The molecule has 0 spiro atoms. The van der Waals surface area contributed by atoms with Crippen molar-refractivity contribution in [2.75, 3.05) is 13.2 Å². The van der Waals surface area contributed by atoms with E-state index < -0.39 is 0 Å². The quantitative estimate of drug-likeness (QED) is 0.761. The minimum atomic E-state index is -0.235. The summed E-state index contributed by atoms with van der Waals surface area (Å²) < 4.78 is 17.8. The lowest BCUT2D eigenvalue weighted by Gasteiger charge is -2.19. The first-order valence-electron chi connectivity index (χ1n) is 10.8. The van der Waals surface area contributed by atoms with Gasteiger partial charge in [0.1, 0.15) is 18.0 Å². The van der Waals surface area contributed by atoms with E-state index in [9.17, 15) is 9.59 Å². The Balaban J connectivity index is 1.17. The maximum Gasteiger partial charge on any atom is 0.251 e. The van der Waals surface area contributed by atoms with Gasteiger partial charge in [-0.15, -0.1) is 0 Å². The molecule has 0 aromatic heterocycles. The Morgan fingerprint density at radius 2 is 1.62 bits per heavy atom. The molecule has 2 aliphatic carbocycles. The van der Waals surface area contributed by atoms with Gasteiger partial charge in [-0.2, -0.15) is 0 Å². The molecule has 0 radical (unpaired) electrons. The number of rotatable bonds is 6. The summed E-state index contributed by atoms with van der Waals surface area (Å²) in [5, 5.41) is 6.08. The van der Waals surface area contributed by atoms with Gasteiger partial charge in [-0.25, -0.2) is 0 Å². The Labute approximate surface area is 170 Å². The summed E-state index contributed by atoms with van der Waals surface area (Å²) in [7, 11) is 0. The maximum absolute atomic E-state index is 12.8. The van der Waals surface area contributed by atoms with Gasteiger partial charge >= 0.3 is 0 Å². The molecular formula is C22H28N2O5. The van der Waals surface area contributed by atoms with Crippen LogP contribution in [0.5, 0.6) is 5.75 Å². The van der Waals surface area contributed by atoms with Crippen molar-refractivity contribution < 1.29 is 23.8 Å². The number of hydrogen-bond donors (Lipinski definition) is 2. The zero-order valence-corrected chi connectivity index (χ0v) is 16.5. The topological polar surface area (TPSA) is 85.9 Å². The van der Waals surface area contributed by atoms with Gasteiger partial charge in [0, 0.05) is 11.5 Å². The molecule has 156 valence electrons. The Bertz CT molecular complexity index is 774. The SMILES string of the molecule is O=C(N[C@H]1CO[C@H]2[C@@H]1OC[C@@H]2NC(=O)C1CC1)c1cccc(OC2CCCC2)c1. The van der Waals surface area contributed by atoms with E-state index in [4.69, 9.17) is 14.2 Å². The molecule has 1 aromatic rings. The number of nitrogens with one attached hydrogen (secondary N) is 2. The lowest BCUT2D eigenvalue weighted by atomic mass is 10.1. The summed E-state index contributed by atoms with van der Waals surface area (Å²) in [6.45, 7) is 0.806. The molecule has 4 atom stereocenters. The summed E-state index contributed by atoms with van der Waals surface area (Å²) in [4.78, 5) is 24.8.